The Labute approximate surface area is 157 Å². The summed E-state index contributed by atoms with van der Waals surface area (Å²) < 4.78 is 11.4. The number of hydrogen-bond acceptors (Lipinski definition) is 3. The molecule has 1 amide bonds. The molecule has 1 atom stereocenters. The van der Waals surface area contributed by atoms with E-state index in [1.807, 2.05) is 32.0 Å². The number of halogens is 2. The number of rotatable bonds is 5. The predicted molar refractivity (Wildman–Crippen MR) is 100 cm³/mol. The third-order valence-corrected chi connectivity index (χ3v) is 4.65. The van der Waals surface area contributed by atoms with Gasteiger partial charge in [0.15, 0.2) is 11.5 Å². The number of fused-ring (bicyclic) bond motifs is 1. The van der Waals surface area contributed by atoms with Crippen molar-refractivity contribution in [3.8, 4) is 11.5 Å². The van der Waals surface area contributed by atoms with Crippen LogP contribution in [0.25, 0.3) is 0 Å². The second kappa shape index (κ2) is 7.54. The van der Waals surface area contributed by atoms with Gasteiger partial charge in [0, 0.05) is 34.1 Å². The fourth-order valence-electron chi connectivity index (χ4n) is 3.07. The number of anilines is 1. The van der Waals surface area contributed by atoms with Crippen LogP contribution in [-0.4, -0.2) is 19.1 Å². The first-order valence-corrected chi connectivity index (χ1v) is 8.97. The highest BCUT2D eigenvalue weighted by molar-refractivity contribution is 6.35. The number of amides is 1. The van der Waals surface area contributed by atoms with Crippen LogP contribution in [0.4, 0.5) is 5.69 Å². The van der Waals surface area contributed by atoms with Crippen LogP contribution in [0.2, 0.25) is 10.0 Å². The van der Waals surface area contributed by atoms with Crippen molar-refractivity contribution in [2.45, 2.75) is 26.2 Å². The molecule has 2 aromatic rings. The molecular weight excluding hydrogens is 361 g/mol. The molecule has 0 aromatic heterocycles. The molecule has 0 saturated heterocycles. The molecule has 2 aromatic carbocycles. The van der Waals surface area contributed by atoms with E-state index in [2.05, 4.69) is 5.32 Å². The van der Waals surface area contributed by atoms with Gasteiger partial charge in [0.2, 0.25) is 5.91 Å². The molecule has 6 heteroatoms. The van der Waals surface area contributed by atoms with Gasteiger partial charge in [0.05, 0.1) is 13.2 Å². The molecule has 0 fully saturated rings. The highest BCUT2D eigenvalue weighted by atomic mass is 35.5. The monoisotopic (exact) mass is 379 g/mol. The molecule has 25 heavy (non-hydrogen) atoms. The Bertz CT molecular complexity index is 807. The van der Waals surface area contributed by atoms with Gasteiger partial charge in [-0.25, -0.2) is 0 Å². The number of ether oxygens (including phenoxy) is 2. The first kappa shape index (κ1) is 17.9. The Morgan fingerprint density at radius 2 is 1.72 bits per heavy atom. The van der Waals surface area contributed by atoms with E-state index >= 15 is 0 Å². The van der Waals surface area contributed by atoms with E-state index in [1.54, 1.807) is 12.1 Å². The number of nitrogens with one attached hydrogen (secondary N) is 1. The summed E-state index contributed by atoms with van der Waals surface area (Å²) >= 11 is 12.4. The van der Waals surface area contributed by atoms with E-state index in [9.17, 15) is 4.79 Å². The molecule has 0 aliphatic carbocycles. The number of carbonyl (C=O) groups excluding carboxylic acids is 1. The molecule has 1 heterocycles. The lowest BCUT2D eigenvalue weighted by atomic mass is 9.84. The van der Waals surface area contributed by atoms with Gasteiger partial charge >= 0.3 is 0 Å². The minimum Gasteiger partial charge on any atom is -0.490 e. The average Bonchev–Trinajstić information content (AvgIpc) is 2.56. The molecule has 0 spiro atoms. The fourth-order valence-corrected chi connectivity index (χ4v) is 3.61. The summed E-state index contributed by atoms with van der Waals surface area (Å²) in [6, 6.07) is 9.10. The maximum atomic E-state index is 12.2. The van der Waals surface area contributed by atoms with Gasteiger partial charge in [-0.3, -0.25) is 4.79 Å². The third kappa shape index (κ3) is 3.70. The SMILES string of the molecule is CCOc1cc2c(cc1OCC)[C@H](c1ccc(Cl)cc1Cl)CC(=O)N2. The maximum Gasteiger partial charge on any atom is 0.225 e. The molecule has 3 rings (SSSR count). The Morgan fingerprint density at radius 1 is 1.04 bits per heavy atom. The van der Waals surface area contributed by atoms with Gasteiger partial charge in [0.1, 0.15) is 0 Å². The normalized spacial score (nSPS) is 16.2. The van der Waals surface area contributed by atoms with Crippen molar-refractivity contribution in [2.24, 2.45) is 0 Å². The van der Waals surface area contributed by atoms with Crippen molar-refractivity contribution < 1.29 is 14.3 Å². The van der Waals surface area contributed by atoms with Crippen LogP contribution in [0.3, 0.4) is 0 Å². The zero-order valence-electron chi connectivity index (χ0n) is 14.1. The van der Waals surface area contributed by atoms with Crippen LogP contribution in [-0.2, 0) is 4.79 Å². The molecule has 0 radical (unpaired) electrons. The van der Waals surface area contributed by atoms with Crippen LogP contribution in [0.1, 0.15) is 37.3 Å². The Hall–Kier alpha value is -1.91. The molecule has 4 nitrogen and oxygen atoms in total. The standard InChI is InChI=1S/C19H19Cl2NO3/c1-3-24-17-8-14-13(12-6-5-11(20)7-15(12)21)9-19(23)22-16(14)10-18(17)25-4-2/h5-8,10,13H,3-4,9H2,1-2H3,(H,22,23)/t13-/m0/s1. The second-order valence-electron chi connectivity index (χ2n) is 5.72. The van der Waals surface area contributed by atoms with Crippen molar-refractivity contribution in [1.29, 1.82) is 0 Å². The summed E-state index contributed by atoms with van der Waals surface area (Å²) in [5, 5.41) is 4.03. The molecule has 0 bridgehead atoms. The smallest absolute Gasteiger partial charge is 0.225 e. The number of benzene rings is 2. The number of carbonyl (C=O) groups is 1. The Kier molecular flexibility index (Phi) is 5.40. The Morgan fingerprint density at radius 3 is 2.36 bits per heavy atom. The molecule has 0 unspecified atom stereocenters. The van der Waals surface area contributed by atoms with Gasteiger partial charge in [-0.05, 0) is 43.2 Å². The molecular formula is C19H19Cl2NO3. The van der Waals surface area contributed by atoms with Crippen LogP contribution < -0.4 is 14.8 Å². The average molecular weight is 380 g/mol. The van der Waals surface area contributed by atoms with E-state index in [-0.39, 0.29) is 11.8 Å². The minimum absolute atomic E-state index is 0.0601. The lowest BCUT2D eigenvalue weighted by Crippen LogP contribution is -2.24. The van der Waals surface area contributed by atoms with Crippen LogP contribution >= 0.6 is 23.2 Å². The molecule has 0 saturated carbocycles. The van der Waals surface area contributed by atoms with Crippen molar-refractivity contribution in [3.63, 3.8) is 0 Å². The van der Waals surface area contributed by atoms with E-state index in [0.717, 1.165) is 16.8 Å². The van der Waals surface area contributed by atoms with Crippen LogP contribution in [0, 0.1) is 0 Å². The maximum absolute atomic E-state index is 12.2. The third-order valence-electron chi connectivity index (χ3n) is 4.09. The van der Waals surface area contributed by atoms with Gasteiger partial charge in [0.25, 0.3) is 0 Å². The van der Waals surface area contributed by atoms with Gasteiger partial charge < -0.3 is 14.8 Å². The highest BCUT2D eigenvalue weighted by Crippen LogP contribution is 2.45. The second-order valence-corrected chi connectivity index (χ2v) is 6.57. The summed E-state index contributed by atoms with van der Waals surface area (Å²) in [7, 11) is 0. The molecule has 1 aliphatic rings. The molecule has 1 aliphatic heterocycles. The van der Waals surface area contributed by atoms with Crippen molar-refractivity contribution >= 4 is 34.8 Å². The first-order valence-electron chi connectivity index (χ1n) is 8.21. The van der Waals surface area contributed by atoms with E-state index < -0.39 is 0 Å². The largest absolute Gasteiger partial charge is 0.490 e. The van der Waals surface area contributed by atoms with E-state index in [4.69, 9.17) is 32.7 Å². The lowest BCUT2D eigenvalue weighted by molar-refractivity contribution is -0.116. The molecule has 1 N–H and O–H groups in total. The zero-order valence-corrected chi connectivity index (χ0v) is 15.6. The van der Waals surface area contributed by atoms with E-state index in [0.29, 0.717) is 41.2 Å². The fraction of sp³-hybridized carbons (Fsp3) is 0.316. The summed E-state index contributed by atoms with van der Waals surface area (Å²) in [4.78, 5) is 12.2. The summed E-state index contributed by atoms with van der Waals surface area (Å²) in [5.74, 6) is 1.05. The van der Waals surface area contributed by atoms with Gasteiger partial charge in [-0.15, -0.1) is 0 Å². The van der Waals surface area contributed by atoms with Gasteiger partial charge in [-0.2, -0.15) is 0 Å². The Balaban J connectivity index is 2.12. The zero-order chi connectivity index (χ0) is 18.0. The van der Waals surface area contributed by atoms with E-state index in [1.165, 1.54) is 0 Å². The van der Waals surface area contributed by atoms with Crippen molar-refractivity contribution in [1.82, 2.24) is 0 Å². The molecule has 132 valence electrons. The first-order chi connectivity index (χ1) is 12.0. The topological polar surface area (TPSA) is 47.6 Å². The summed E-state index contributed by atoms with van der Waals surface area (Å²) in [6.45, 7) is 4.87. The quantitative estimate of drug-likeness (QED) is 0.769. The highest BCUT2D eigenvalue weighted by Gasteiger charge is 2.30. The van der Waals surface area contributed by atoms with Crippen LogP contribution in [0.5, 0.6) is 11.5 Å². The van der Waals surface area contributed by atoms with Crippen molar-refractivity contribution in [3.05, 3.63) is 51.5 Å². The summed E-state index contributed by atoms with van der Waals surface area (Å²) in [5.41, 5.74) is 2.55. The lowest BCUT2D eigenvalue weighted by Gasteiger charge is -2.28. The predicted octanol–water partition coefficient (Wildman–Crippen LogP) is 5.26. The summed E-state index contributed by atoms with van der Waals surface area (Å²) in [6.07, 6.45) is 0.313. The minimum atomic E-state index is -0.164. The van der Waals surface area contributed by atoms with Crippen LogP contribution in [0.15, 0.2) is 30.3 Å². The number of hydrogen-bond donors (Lipinski definition) is 1. The van der Waals surface area contributed by atoms with Gasteiger partial charge in [-0.1, -0.05) is 29.3 Å². The van der Waals surface area contributed by atoms with Crippen molar-refractivity contribution in [2.75, 3.05) is 18.5 Å².